The van der Waals surface area contributed by atoms with Gasteiger partial charge in [0.25, 0.3) is 0 Å². The second-order valence-electron chi connectivity index (χ2n) is 5.16. The fourth-order valence-corrected chi connectivity index (χ4v) is 2.60. The molecule has 0 radical (unpaired) electrons. The molecule has 0 spiro atoms. The molecular weight excluding hydrogens is 230 g/mol. The number of aromatic nitrogens is 1. The first-order valence-corrected chi connectivity index (χ1v) is 6.43. The topological polar surface area (TPSA) is 55.4 Å². The molecule has 1 fully saturated rings. The van der Waals surface area contributed by atoms with Crippen LogP contribution in [0, 0.1) is 11.8 Å². The van der Waals surface area contributed by atoms with E-state index in [1.54, 1.807) is 10.6 Å². The van der Waals surface area contributed by atoms with Crippen molar-refractivity contribution in [3.8, 4) is 0 Å². The summed E-state index contributed by atoms with van der Waals surface area (Å²) in [7, 11) is 0. The molecule has 1 aliphatic rings. The van der Waals surface area contributed by atoms with Crippen LogP contribution in [0.25, 0.3) is 11.1 Å². The number of rotatable bonds is 3. The highest BCUT2D eigenvalue weighted by molar-refractivity contribution is 5.73. The highest BCUT2D eigenvalue weighted by Gasteiger charge is 2.39. The average Bonchev–Trinajstić information content (AvgIpc) is 2.99. The van der Waals surface area contributed by atoms with Crippen molar-refractivity contribution in [3.63, 3.8) is 0 Å². The van der Waals surface area contributed by atoms with E-state index in [4.69, 9.17) is 4.42 Å². The Bertz CT molecular complexity index is 640. The maximum atomic E-state index is 11.6. The molecular formula is C14H17NO3. The van der Waals surface area contributed by atoms with E-state index in [9.17, 15) is 9.90 Å². The minimum Gasteiger partial charge on any atom is -0.408 e. The smallest absolute Gasteiger partial charge is 0.408 e. The van der Waals surface area contributed by atoms with Gasteiger partial charge in [0.1, 0.15) is 0 Å². The average molecular weight is 247 g/mol. The number of aliphatic hydroxyl groups is 1. The Balaban J connectivity index is 2.04. The zero-order valence-corrected chi connectivity index (χ0v) is 10.6. The van der Waals surface area contributed by atoms with Crippen LogP contribution >= 0.6 is 0 Å². The van der Waals surface area contributed by atoms with Gasteiger partial charge in [-0.2, -0.15) is 0 Å². The van der Waals surface area contributed by atoms with E-state index in [1.807, 2.05) is 19.1 Å². The van der Waals surface area contributed by atoms with E-state index in [0.29, 0.717) is 24.0 Å². The van der Waals surface area contributed by atoms with Gasteiger partial charge in [0.05, 0.1) is 11.6 Å². The summed E-state index contributed by atoms with van der Waals surface area (Å²) in [6.07, 6.45) is 0.624. The van der Waals surface area contributed by atoms with Crippen LogP contribution in [0.15, 0.2) is 27.4 Å². The first-order valence-electron chi connectivity index (χ1n) is 6.43. The van der Waals surface area contributed by atoms with Gasteiger partial charge in [-0.1, -0.05) is 13.0 Å². The summed E-state index contributed by atoms with van der Waals surface area (Å²) in [4.78, 5) is 11.6. The lowest BCUT2D eigenvalue weighted by molar-refractivity contribution is 0.148. The lowest BCUT2D eigenvalue weighted by atomic mass is 10.0. The van der Waals surface area contributed by atoms with Crippen LogP contribution < -0.4 is 5.76 Å². The van der Waals surface area contributed by atoms with E-state index < -0.39 is 6.10 Å². The molecule has 4 heteroatoms. The molecule has 1 N–H and O–H groups in total. The number of hydrogen-bond acceptors (Lipinski definition) is 3. The molecule has 1 aromatic heterocycles. The molecule has 3 atom stereocenters. The minimum absolute atomic E-state index is 0.334. The fraction of sp³-hybridized carbons (Fsp3) is 0.500. The third-order valence-electron chi connectivity index (χ3n) is 3.93. The van der Waals surface area contributed by atoms with Crippen molar-refractivity contribution in [2.45, 2.75) is 32.9 Å². The standard InChI is InChI=1S/C14H17NO3/c1-3-15-11-5-4-9(7-12(11)18-14(15)17)13(16)10-6-8(10)2/h4-5,7-8,10,13,16H,3,6H2,1-2H3. The normalized spacial score (nSPS) is 24.4. The zero-order valence-electron chi connectivity index (χ0n) is 10.6. The minimum atomic E-state index is -0.445. The molecule has 0 bridgehead atoms. The van der Waals surface area contributed by atoms with Crippen molar-refractivity contribution >= 4 is 11.1 Å². The molecule has 18 heavy (non-hydrogen) atoms. The summed E-state index contributed by atoms with van der Waals surface area (Å²) < 4.78 is 6.79. The maximum Gasteiger partial charge on any atom is 0.419 e. The predicted molar refractivity (Wildman–Crippen MR) is 68.4 cm³/mol. The third kappa shape index (κ3) is 1.68. The Kier molecular flexibility index (Phi) is 2.55. The number of hydrogen-bond donors (Lipinski definition) is 1. The van der Waals surface area contributed by atoms with Crippen molar-refractivity contribution in [3.05, 3.63) is 34.3 Å². The van der Waals surface area contributed by atoms with Gasteiger partial charge < -0.3 is 9.52 Å². The second kappa shape index (κ2) is 3.99. The summed E-state index contributed by atoms with van der Waals surface area (Å²) in [5.41, 5.74) is 2.20. The Hall–Kier alpha value is -1.55. The van der Waals surface area contributed by atoms with Crippen molar-refractivity contribution in [2.75, 3.05) is 0 Å². The Morgan fingerprint density at radius 3 is 2.89 bits per heavy atom. The number of aryl methyl sites for hydroxylation is 1. The van der Waals surface area contributed by atoms with Crippen molar-refractivity contribution in [1.82, 2.24) is 4.57 Å². The highest BCUT2D eigenvalue weighted by atomic mass is 16.4. The van der Waals surface area contributed by atoms with Crippen molar-refractivity contribution in [1.29, 1.82) is 0 Å². The predicted octanol–water partition coefficient (Wildman–Crippen LogP) is 2.30. The van der Waals surface area contributed by atoms with Crippen LogP contribution in [0.3, 0.4) is 0 Å². The van der Waals surface area contributed by atoms with Gasteiger partial charge >= 0.3 is 5.76 Å². The molecule has 1 aromatic carbocycles. The molecule has 2 aromatic rings. The van der Waals surface area contributed by atoms with Gasteiger partial charge in [0.2, 0.25) is 0 Å². The molecule has 1 aliphatic carbocycles. The van der Waals surface area contributed by atoms with E-state index in [1.165, 1.54) is 0 Å². The van der Waals surface area contributed by atoms with Gasteiger partial charge in [-0.3, -0.25) is 4.57 Å². The Labute approximate surface area is 105 Å². The third-order valence-corrected chi connectivity index (χ3v) is 3.93. The number of benzene rings is 1. The van der Waals surface area contributed by atoms with Gasteiger partial charge in [-0.25, -0.2) is 4.79 Å². The van der Waals surface area contributed by atoms with E-state index >= 15 is 0 Å². The number of fused-ring (bicyclic) bond motifs is 1. The Morgan fingerprint density at radius 1 is 1.56 bits per heavy atom. The number of aliphatic hydroxyl groups excluding tert-OH is 1. The molecule has 3 unspecified atom stereocenters. The maximum absolute atomic E-state index is 11.6. The van der Waals surface area contributed by atoms with Crippen LogP contribution in [-0.2, 0) is 6.54 Å². The zero-order chi connectivity index (χ0) is 12.9. The van der Waals surface area contributed by atoms with Gasteiger partial charge in [0.15, 0.2) is 5.58 Å². The molecule has 3 rings (SSSR count). The molecule has 0 aliphatic heterocycles. The fourth-order valence-electron chi connectivity index (χ4n) is 2.60. The molecule has 1 heterocycles. The van der Waals surface area contributed by atoms with Crippen LogP contribution in [0.4, 0.5) is 0 Å². The summed E-state index contributed by atoms with van der Waals surface area (Å²) >= 11 is 0. The second-order valence-corrected chi connectivity index (χ2v) is 5.16. The first-order chi connectivity index (χ1) is 8.61. The van der Waals surface area contributed by atoms with E-state index in [-0.39, 0.29) is 5.76 Å². The summed E-state index contributed by atoms with van der Waals surface area (Å²) in [5, 5.41) is 10.2. The van der Waals surface area contributed by atoms with E-state index in [0.717, 1.165) is 17.5 Å². The van der Waals surface area contributed by atoms with Gasteiger partial charge in [0, 0.05) is 6.54 Å². The van der Waals surface area contributed by atoms with E-state index in [2.05, 4.69) is 6.92 Å². The summed E-state index contributed by atoms with van der Waals surface area (Å²) in [6.45, 7) is 4.64. The Morgan fingerprint density at radius 2 is 2.28 bits per heavy atom. The molecule has 0 saturated heterocycles. The largest absolute Gasteiger partial charge is 0.419 e. The first kappa shape index (κ1) is 11.5. The number of oxazole rings is 1. The molecule has 4 nitrogen and oxygen atoms in total. The van der Waals surface area contributed by atoms with Gasteiger partial charge in [-0.05, 0) is 42.9 Å². The summed E-state index contributed by atoms with van der Waals surface area (Å²) in [6, 6.07) is 5.53. The summed E-state index contributed by atoms with van der Waals surface area (Å²) in [5.74, 6) is 0.601. The number of nitrogens with zero attached hydrogens (tertiary/aromatic N) is 1. The quantitative estimate of drug-likeness (QED) is 0.905. The van der Waals surface area contributed by atoms with Crippen LogP contribution in [-0.4, -0.2) is 9.67 Å². The van der Waals surface area contributed by atoms with Crippen molar-refractivity contribution in [2.24, 2.45) is 11.8 Å². The molecule has 1 saturated carbocycles. The lowest BCUT2D eigenvalue weighted by Gasteiger charge is -2.09. The monoisotopic (exact) mass is 247 g/mol. The lowest BCUT2D eigenvalue weighted by Crippen LogP contribution is -2.11. The van der Waals surface area contributed by atoms with Crippen LogP contribution in [0.1, 0.15) is 31.9 Å². The highest BCUT2D eigenvalue weighted by Crippen LogP contribution is 2.47. The molecule has 0 amide bonds. The SMILES string of the molecule is CCn1c(=O)oc2cc(C(O)C3CC3C)ccc21. The van der Waals surface area contributed by atoms with Crippen LogP contribution in [0.5, 0.6) is 0 Å². The molecule has 96 valence electrons. The van der Waals surface area contributed by atoms with Crippen LogP contribution in [0.2, 0.25) is 0 Å². The van der Waals surface area contributed by atoms with Gasteiger partial charge in [-0.15, -0.1) is 0 Å². The van der Waals surface area contributed by atoms with Crippen molar-refractivity contribution < 1.29 is 9.52 Å².